The fourth-order valence-electron chi connectivity index (χ4n) is 4.52. The topological polar surface area (TPSA) is 63.7 Å². The number of thioether (sulfide) groups is 1. The highest BCUT2D eigenvalue weighted by molar-refractivity contribution is 8.02. The molecule has 1 heterocycles. The summed E-state index contributed by atoms with van der Waals surface area (Å²) in [5.41, 5.74) is 0.645. The van der Waals surface area contributed by atoms with Crippen LogP contribution in [0.1, 0.15) is 51.4 Å². The van der Waals surface area contributed by atoms with Crippen LogP contribution in [0.5, 0.6) is 0 Å². The second kappa shape index (κ2) is 8.13. The highest BCUT2D eigenvalue weighted by Crippen LogP contribution is 2.46. The van der Waals surface area contributed by atoms with Crippen LogP contribution in [0.3, 0.4) is 0 Å². The Morgan fingerprint density at radius 3 is 2.21 bits per heavy atom. The molecule has 3 aliphatic carbocycles. The number of imide groups is 1. The first-order valence-corrected chi connectivity index (χ1v) is 11.5. The van der Waals surface area contributed by atoms with Crippen molar-refractivity contribution in [3.8, 4) is 0 Å². The Morgan fingerprint density at radius 1 is 1.10 bits per heavy atom. The minimum atomic E-state index is -1.49. The lowest BCUT2D eigenvalue weighted by Crippen LogP contribution is -2.45. The molecule has 29 heavy (non-hydrogen) atoms. The molecule has 0 aromatic rings. The van der Waals surface area contributed by atoms with Crippen molar-refractivity contribution in [3.63, 3.8) is 0 Å². The quantitative estimate of drug-likeness (QED) is 0.484. The normalized spacial score (nSPS) is 26.0. The Labute approximate surface area is 177 Å². The predicted molar refractivity (Wildman–Crippen MR) is 108 cm³/mol. The first-order valence-electron chi connectivity index (χ1n) is 9.85. The summed E-state index contributed by atoms with van der Waals surface area (Å²) in [5.74, 6) is -0.0820. The van der Waals surface area contributed by atoms with Gasteiger partial charge in [-0.3, -0.25) is 14.5 Å². The summed E-state index contributed by atoms with van der Waals surface area (Å²) in [7, 11) is 0. The number of nitrogens with zero attached hydrogens (tertiary/aromatic N) is 1. The molecular weight excluding hydrogens is 417 g/mol. The molecule has 4 aliphatic rings. The average Bonchev–Trinajstić information content (AvgIpc) is 3.32. The van der Waals surface area contributed by atoms with Gasteiger partial charge in [-0.25, -0.2) is 9.18 Å². The van der Waals surface area contributed by atoms with Gasteiger partial charge >= 0.3 is 0 Å². The molecule has 1 saturated carbocycles. The monoisotopic (exact) mass is 437 g/mol. The second-order valence-corrected chi connectivity index (χ2v) is 8.81. The van der Waals surface area contributed by atoms with E-state index in [0.29, 0.717) is 24.0 Å². The van der Waals surface area contributed by atoms with Crippen molar-refractivity contribution in [1.29, 1.82) is 0 Å². The lowest BCUT2D eigenvalue weighted by molar-refractivity contribution is -0.139. The van der Waals surface area contributed by atoms with Gasteiger partial charge in [-0.05, 0) is 57.6 Å². The zero-order chi connectivity index (χ0) is 20.7. The molecule has 4 rings (SSSR count). The molecule has 0 spiro atoms. The molecule has 0 aromatic heterocycles. The van der Waals surface area contributed by atoms with Gasteiger partial charge in [0.25, 0.3) is 11.8 Å². The molecule has 2 amide bonds. The van der Waals surface area contributed by atoms with E-state index in [1.807, 2.05) is 0 Å². The van der Waals surface area contributed by atoms with Crippen molar-refractivity contribution in [3.05, 3.63) is 38.2 Å². The van der Waals surface area contributed by atoms with Crippen molar-refractivity contribution >= 4 is 41.1 Å². The zero-order valence-electron chi connectivity index (χ0n) is 16.1. The summed E-state index contributed by atoms with van der Waals surface area (Å²) >= 11 is 7.46. The van der Waals surface area contributed by atoms with E-state index in [2.05, 4.69) is 0 Å². The molecule has 0 radical (unpaired) electrons. The lowest BCUT2D eigenvalue weighted by Gasteiger charge is -2.32. The van der Waals surface area contributed by atoms with Gasteiger partial charge in [0.15, 0.2) is 5.76 Å². The van der Waals surface area contributed by atoms with Crippen LogP contribution < -0.4 is 0 Å². The Bertz CT molecular complexity index is 897. The third-order valence-corrected chi connectivity index (χ3v) is 7.23. The third-order valence-electron chi connectivity index (χ3n) is 5.95. The number of hydrogen-bond acceptors (Lipinski definition) is 5. The van der Waals surface area contributed by atoms with E-state index in [1.165, 1.54) is 0 Å². The highest BCUT2D eigenvalue weighted by Gasteiger charge is 2.49. The summed E-state index contributed by atoms with van der Waals surface area (Å²) in [6, 6.07) is -1.49. The van der Waals surface area contributed by atoms with E-state index >= 15 is 4.39 Å². The standard InChI is InChI=1S/C21H21ClFNO4S/c1-29-19-15(22)18(28-11-6-2-3-7-11)14(10-25)17(16(19)23)24-20(26)12-8-4-5-9-13(12)21(24)27/h11,17H,2-9H2,1H3. The average molecular weight is 438 g/mol. The lowest BCUT2D eigenvalue weighted by atomic mass is 9.93. The van der Waals surface area contributed by atoms with Crippen molar-refractivity contribution < 1.29 is 23.5 Å². The SMILES string of the molecule is CSC1=C(F)C(N2C(=O)C3=C(CCCC3)C2=O)C(=C=O)C(OC2CCCC2)=C1Cl. The molecule has 1 atom stereocenters. The predicted octanol–water partition coefficient (Wildman–Crippen LogP) is 4.32. The fraction of sp³-hybridized carbons (Fsp3) is 0.524. The number of ether oxygens (including phenoxy) is 1. The number of amides is 2. The number of carbonyl (C=O) groups is 2. The van der Waals surface area contributed by atoms with E-state index in [0.717, 1.165) is 55.2 Å². The summed E-state index contributed by atoms with van der Waals surface area (Å²) in [6.07, 6.45) is 7.73. The molecule has 0 aromatic carbocycles. The maximum absolute atomic E-state index is 15.5. The Balaban J connectivity index is 1.77. The van der Waals surface area contributed by atoms with Gasteiger partial charge in [0, 0.05) is 11.1 Å². The zero-order valence-corrected chi connectivity index (χ0v) is 17.6. The summed E-state index contributed by atoms with van der Waals surface area (Å²) in [5, 5.41) is -0.00619. The number of allylic oxidation sites excluding steroid dienone is 1. The van der Waals surface area contributed by atoms with E-state index in [4.69, 9.17) is 16.3 Å². The van der Waals surface area contributed by atoms with Crippen LogP contribution in [-0.4, -0.2) is 41.1 Å². The first kappa shape index (κ1) is 20.5. The van der Waals surface area contributed by atoms with Crippen LogP contribution in [0.25, 0.3) is 0 Å². The van der Waals surface area contributed by atoms with Gasteiger partial charge in [-0.1, -0.05) is 11.6 Å². The number of carbonyl (C=O) groups excluding carboxylic acids is 3. The molecule has 0 N–H and O–H groups in total. The maximum Gasteiger partial charge on any atom is 0.258 e. The Morgan fingerprint density at radius 2 is 1.69 bits per heavy atom. The minimum absolute atomic E-state index is 0.00619. The third kappa shape index (κ3) is 3.29. The van der Waals surface area contributed by atoms with Gasteiger partial charge < -0.3 is 4.74 Å². The van der Waals surface area contributed by atoms with Gasteiger partial charge in [-0.2, -0.15) is 0 Å². The van der Waals surface area contributed by atoms with Gasteiger partial charge in [-0.15, -0.1) is 11.8 Å². The number of hydrogen-bond donors (Lipinski definition) is 0. The molecular formula is C21H21ClFNO4S. The smallest absolute Gasteiger partial charge is 0.258 e. The second-order valence-electron chi connectivity index (χ2n) is 7.61. The van der Waals surface area contributed by atoms with Crippen molar-refractivity contribution in [2.24, 2.45) is 0 Å². The molecule has 154 valence electrons. The van der Waals surface area contributed by atoms with E-state index in [9.17, 15) is 14.4 Å². The maximum atomic E-state index is 15.5. The summed E-state index contributed by atoms with van der Waals surface area (Å²) in [4.78, 5) is 38.9. The van der Waals surface area contributed by atoms with E-state index in [1.54, 1.807) is 12.2 Å². The molecule has 1 fully saturated rings. The van der Waals surface area contributed by atoms with Crippen LogP contribution in [0, 0.1) is 0 Å². The summed E-state index contributed by atoms with van der Waals surface area (Å²) in [6.45, 7) is 0. The fourth-order valence-corrected chi connectivity index (χ4v) is 5.56. The largest absolute Gasteiger partial charge is 0.488 e. The first-order chi connectivity index (χ1) is 14.0. The molecule has 0 saturated heterocycles. The van der Waals surface area contributed by atoms with Crippen LogP contribution in [0.4, 0.5) is 4.39 Å². The van der Waals surface area contributed by atoms with Crippen molar-refractivity contribution in [2.45, 2.75) is 63.5 Å². The van der Waals surface area contributed by atoms with Crippen LogP contribution in [0.2, 0.25) is 0 Å². The molecule has 1 aliphatic heterocycles. The number of rotatable bonds is 4. The van der Waals surface area contributed by atoms with Crippen LogP contribution in [0.15, 0.2) is 38.2 Å². The highest BCUT2D eigenvalue weighted by atomic mass is 35.5. The number of halogens is 2. The van der Waals surface area contributed by atoms with E-state index in [-0.39, 0.29) is 27.4 Å². The minimum Gasteiger partial charge on any atom is -0.488 e. The Hall–Kier alpha value is -1.82. The summed E-state index contributed by atoms with van der Waals surface area (Å²) < 4.78 is 21.5. The van der Waals surface area contributed by atoms with Gasteiger partial charge in [0.2, 0.25) is 0 Å². The molecule has 8 heteroatoms. The Kier molecular flexibility index (Phi) is 5.74. The molecule has 5 nitrogen and oxygen atoms in total. The van der Waals surface area contributed by atoms with Crippen molar-refractivity contribution in [1.82, 2.24) is 4.90 Å². The van der Waals surface area contributed by atoms with Crippen LogP contribution >= 0.6 is 23.4 Å². The molecule has 1 unspecified atom stereocenters. The van der Waals surface area contributed by atoms with Crippen molar-refractivity contribution in [2.75, 3.05) is 6.26 Å². The molecule has 0 bridgehead atoms. The van der Waals surface area contributed by atoms with Gasteiger partial charge in [0.05, 0.1) is 11.0 Å². The van der Waals surface area contributed by atoms with E-state index < -0.39 is 23.7 Å². The van der Waals surface area contributed by atoms with Crippen LogP contribution in [-0.2, 0) is 19.1 Å². The van der Waals surface area contributed by atoms with Gasteiger partial charge in [0.1, 0.15) is 28.4 Å².